The first-order chi connectivity index (χ1) is 9.86. The molecule has 0 heterocycles. The van der Waals surface area contributed by atoms with E-state index >= 15 is 0 Å². The van der Waals surface area contributed by atoms with Crippen LogP contribution in [-0.2, 0) is 16.0 Å². The molecule has 1 atom stereocenters. The average molecular weight is 346 g/mol. The van der Waals surface area contributed by atoms with Crippen LogP contribution in [0, 0.1) is 0 Å². The lowest BCUT2D eigenvalue weighted by Gasteiger charge is -2.25. The fourth-order valence-electron chi connectivity index (χ4n) is 2.19. The number of nitrogens with two attached hydrogens (primary N) is 1. The molecule has 1 aromatic carbocycles. The molecule has 0 aromatic heterocycles. The maximum atomic E-state index is 10.6. The van der Waals surface area contributed by atoms with Gasteiger partial charge in [0.2, 0.25) is 0 Å². The number of rotatable bonds is 9. The van der Waals surface area contributed by atoms with Crippen LogP contribution < -0.4 is 5.73 Å². The van der Waals surface area contributed by atoms with E-state index < -0.39 is 12.0 Å². The first-order valence-corrected chi connectivity index (χ1v) is 8.68. The van der Waals surface area contributed by atoms with Crippen LogP contribution in [0.4, 0.5) is 0 Å². The molecule has 1 rings (SSSR count). The van der Waals surface area contributed by atoms with Crippen molar-refractivity contribution in [2.45, 2.75) is 57.2 Å². The van der Waals surface area contributed by atoms with Gasteiger partial charge in [-0.3, -0.25) is 4.79 Å². The summed E-state index contributed by atoms with van der Waals surface area (Å²) >= 11 is 1.56. The molecule has 0 amide bonds. The third kappa shape index (κ3) is 7.03. The second kappa shape index (κ2) is 10.1. The van der Waals surface area contributed by atoms with Crippen molar-refractivity contribution >= 4 is 30.1 Å². The van der Waals surface area contributed by atoms with Crippen LogP contribution in [0.3, 0.4) is 0 Å². The van der Waals surface area contributed by atoms with Crippen molar-refractivity contribution in [3.05, 3.63) is 35.4 Å². The second-order valence-corrected chi connectivity index (χ2v) is 7.17. The van der Waals surface area contributed by atoms with Crippen molar-refractivity contribution in [1.29, 1.82) is 0 Å². The molecule has 3 N–H and O–H groups in total. The fourth-order valence-corrected chi connectivity index (χ4v) is 3.13. The van der Waals surface area contributed by atoms with E-state index in [0.29, 0.717) is 5.75 Å². The first-order valence-electron chi connectivity index (χ1n) is 7.52. The number of carboxylic acid groups (broad SMARTS) is 1. The van der Waals surface area contributed by atoms with Crippen LogP contribution in [0.15, 0.2) is 24.3 Å². The molecule has 22 heavy (non-hydrogen) atoms. The Morgan fingerprint density at radius 3 is 2.41 bits per heavy atom. The molecule has 5 heteroatoms. The van der Waals surface area contributed by atoms with Crippen LogP contribution in [0.5, 0.6) is 0 Å². The Labute approximate surface area is 144 Å². The quantitative estimate of drug-likeness (QED) is 0.703. The summed E-state index contributed by atoms with van der Waals surface area (Å²) < 4.78 is 0. The number of carbonyl (C=O) groups is 1. The highest BCUT2D eigenvalue weighted by Crippen LogP contribution is 2.29. The number of aliphatic carboxylic acids is 1. The number of unbranched alkanes of at least 4 members (excludes halogenated alkanes) is 1. The molecule has 0 unspecified atom stereocenters. The lowest BCUT2D eigenvalue weighted by Crippen LogP contribution is -2.32. The summed E-state index contributed by atoms with van der Waals surface area (Å²) in [6, 6.07) is 7.90. The predicted molar refractivity (Wildman–Crippen MR) is 98.0 cm³/mol. The van der Waals surface area contributed by atoms with Crippen LogP contribution in [0.25, 0.3) is 0 Å². The monoisotopic (exact) mass is 345 g/mol. The lowest BCUT2D eigenvalue weighted by molar-refractivity contribution is -0.137. The number of thioether (sulfide) groups is 1. The number of hydrogen-bond donors (Lipinski definition) is 2. The van der Waals surface area contributed by atoms with Gasteiger partial charge in [0.25, 0.3) is 0 Å². The zero-order valence-electron chi connectivity index (χ0n) is 13.7. The number of benzene rings is 1. The van der Waals surface area contributed by atoms with Gasteiger partial charge in [0.05, 0.1) is 0 Å². The van der Waals surface area contributed by atoms with Crippen molar-refractivity contribution in [3.63, 3.8) is 0 Å². The first kappa shape index (κ1) is 21.3. The number of halogens is 1. The maximum absolute atomic E-state index is 10.6. The Bertz CT molecular complexity index is 448. The van der Waals surface area contributed by atoms with Crippen molar-refractivity contribution in [3.8, 4) is 0 Å². The normalized spacial score (nSPS) is 12.5. The zero-order chi connectivity index (χ0) is 15.9. The molecule has 1 aromatic rings. The molecular weight excluding hydrogens is 318 g/mol. The van der Waals surface area contributed by atoms with E-state index in [1.165, 1.54) is 30.4 Å². The molecule has 126 valence electrons. The summed E-state index contributed by atoms with van der Waals surface area (Å²) in [6.45, 7) is 6.80. The third-order valence-corrected chi connectivity index (χ3v) is 4.91. The third-order valence-electron chi connectivity index (χ3n) is 3.77. The average Bonchev–Trinajstić information content (AvgIpc) is 2.45. The van der Waals surface area contributed by atoms with Crippen LogP contribution in [0.1, 0.15) is 51.2 Å². The molecular formula is C17H28ClNO2S. The van der Waals surface area contributed by atoms with Gasteiger partial charge in [0, 0.05) is 11.5 Å². The Morgan fingerprint density at radius 1 is 1.32 bits per heavy atom. The SMILES string of the molecule is CCCCC(C)(C)c1ccc(CSC[C@H](N)C(=O)O)cc1.Cl. The van der Waals surface area contributed by atoms with Crippen molar-refractivity contribution < 1.29 is 9.90 Å². The second-order valence-electron chi connectivity index (χ2n) is 6.14. The minimum atomic E-state index is -0.935. The van der Waals surface area contributed by atoms with Gasteiger partial charge in [-0.1, -0.05) is 57.9 Å². The molecule has 0 spiro atoms. The molecule has 3 nitrogen and oxygen atoms in total. The highest BCUT2D eigenvalue weighted by atomic mass is 35.5. The van der Waals surface area contributed by atoms with E-state index in [4.69, 9.17) is 10.8 Å². The number of hydrogen-bond acceptors (Lipinski definition) is 3. The summed E-state index contributed by atoms with van der Waals surface area (Å²) in [7, 11) is 0. The largest absolute Gasteiger partial charge is 0.480 e. The van der Waals surface area contributed by atoms with Gasteiger partial charge >= 0.3 is 5.97 Å². The van der Waals surface area contributed by atoms with E-state index in [1.807, 2.05) is 0 Å². The number of carboxylic acids is 1. The summed E-state index contributed by atoms with van der Waals surface area (Å²) in [5, 5.41) is 8.74. The van der Waals surface area contributed by atoms with Crippen LogP contribution in [-0.4, -0.2) is 22.9 Å². The lowest BCUT2D eigenvalue weighted by atomic mass is 9.80. The Morgan fingerprint density at radius 2 is 1.91 bits per heavy atom. The van der Waals surface area contributed by atoms with Gasteiger partial charge in [-0.25, -0.2) is 0 Å². The van der Waals surface area contributed by atoms with Crippen LogP contribution >= 0.6 is 24.2 Å². The highest BCUT2D eigenvalue weighted by Gasteiger charge is 2.19. The fraction of sp³-hybridized carbons (Fsp3) is 0.588. The molecule has 0 saturated heterocycles. The van der Waals surface area contributed by atoms with Gasteiger partial charge in [-0.15, -0.1) is 12.4 Å². The molecule has 0 saturated carbocycles. The summed E-state index contributed by atoms with van der Waals surface area (Å²) in [5.74, 6) is 0.311. The van der Waals surface area contributed by atoms with Crippen molar-refractivity contribution in [1.82, 2.24) is 0 Å². The molecule has 0 aliphatic carbocycles. The van der Waals surface area contributed by atoms with Gasteiger partial charge in [0.15, 0.2) is 0 Å². The Kier molecular flexibility index (Phi) is 9.81. The van der Waals surface area contributed by atoms with Crippen molar-refractivity contribution in [2.24, 2.45) is 5.73 Å². The van der Waals surface area contributed by atoms with Crippen LogP contribution in [0.2, 0.25) is 0 Å². The summed E-state index contributed by atoms with van der Waals surface area (Å²) in [4.78, 5) is 10.6. The highest BCUT2D eigenvalue weighted by molar-refractivity contribution is 7.98. The van der Waals surface area contributed by atoms with E-state index in [9.17, 15) is 4.79 Å². The minimum Gasteiger partial charge on any atom is -0.480 e. The zero-order valence-corrected chi connectivity index (χ0v) is 15.3. The smallest absolute Gasteiger partial charge is 0.321 e. The Balaban J connectivity index is 0.00000441. The molecule has 0 aliphatic rings. The molecule has 0 bridgehead atoms. The van der Waals surface area contributed by atoms with E-state index in [1.54, 1.807) is 11.8 Å². The van der Waals surface area contributed by atoms with E-state index in [0.717, 1.165) is 5.75 Å². The maximum Gasteiger partial charge on any atom is 0.321 e. The van der Waals surface area contributed by atoms with Gasteiger partial charge < -0.3 is 10.8 Å². The standard InChI is InChI=1S/C17H27NO2S.ClH/c1-4-5-10-17(2,3)14-8-6-13(7-9-14)11-21-12-15(18)16(19)20;/h6-9,15H,4-5,10-12,18H2,1-3H3,(H,19,20);1H/t15-;/m0./s1. The van der Waals surface area contributed by atoms with Gasteiger partial charge in [-0.2, -0.15) is 11.8 Å². The van der Waals surface area contributed by atoms with E-state index in [-0.39, 0.29) is 17.8 Å². The predicted octanol–water partition coefficient (Wildman–Crippen LogP) is 4.22. The summed E-state index contributed by atoms with van der Waals surface area (Å²) in [6.07, 6.45) is 3.67. The van der Waals surface area contributed by atoms with E-state index in [2.05, 4.69) is 45.0 Å². The molecule has 0 radical (unpaired) electrons. The minimum absolute atomic E-state index is 0. The molecule has 0 aliphatic heterocycles. The van der Waals surface area contributed by atoms with Crippen molar-refractivity contribution in [2.75, 3.05) is 5.75 Å². The van der Waals surface area contributed by atoms with Gasteiger partial charge in [0.1, 0.15) is 6.04 Å². The molecule has 0 fully saturated rings. The summed E-state index contributed by atoms with van der Waals surface area (Å²) in [5.41, 5.74) is 8.29. The Hall–Kier alpha value is -0.710. The topological polar surface area (TPSA) is 63.3 Å². The van der Waals surface area contributed by atoms with Gasteiger partial charge in [-0.05, 0) is 23.0 Å².